The normalized spacial score (nSPS) is 10.5. The SMILES string of the molecule is Cc1ccc(-c2ccccc2C(=O)Nc2ccc(C(=O)N(C)c3ccc(C)cc3OCC(=O)O)cc2)cc1. The van der Waals surface area contributed by atoms with Gasteiger partial charge in [0.05, 0.1) is 5.69 Å². The number of carbonyl (C=O) groups is 3. The minimum atomic E-state index is -1.11. The van der Waals surface area contributed by atoms with Gasteiger partial charge >= 0.3 is 5.97 Å². The summed E-state index contributed by atoms with van der Waals surface area (Å²) < 4.78 is 5.40. The van der Waals surface area contributed by atoms with Crippen LogP contribution in [-0.4, -0.2) is 36.5 Å². The van der Waals surface area contributed by atoms with E-state index in [0.717, 1.165) is 22.3 Å². The van der Waals surface area contributed by atoms with Gasteiger partial charge in [-0.1, -0.05) is 54.1 Å². The molecule has 0 aliphatic carbocycles. The fourth-order valence-corrected chi connectivity index (χ4v) is 4.02. The van der Waals surface area contributed by atoms with E-state index in [0.29, 0.717) is 28.3 Å². The molecule has 0 fully saturated rings. The van der Waals surface area contributed by atoms with Crippen molar-refractivity contribution in [2.24, 2.45) is 0 Å². The van der Waals surface area contributed by atoms with Gasteiger partial charge in [0.15, 0.2) is 6.61 Å². The second-order valence-corrected chi connectivity index (χ2v) is 8.96. The van der Waals surface area contributed by atoms with Crippen molar-refractivity contribution in [2.75, 3.05) is 23.9 Å². The molecule has 0 heterocycles. The first kappa shape index (κ1) is 26.2. The summed E-state index contributed by atoms with van der Waals surface area (Å²) in [5.74, 6) is -1.36. The molecule has 0 saturated carbocycles. The summed E-state index contributed by atoms with van der Waals surface area (Å²) in [4.78, 5) is 38.7. The van der Waals surface area contributed by atoms with Gasteiger partial charge in [0.25, 0.3) is 11.8 Å². The molecule has 2 amide bonds. The summed E-state index contributed by atoms with van der Waals surface area (Å²) in [6.45, 7) is 3.35. The molecule has 7 heteroatoms. The molecule has 2 N–H and O–H groups in total. The van der Waals surface area contributed by atoms with Gasteiger partial charge in [-0.2, -0.15) is 0 Å². The highest BCUT2D eigenvalue weighted by Crippen LogP contribution is 2.30. The lowest BCUT2D eigenvalue weighted by Gasteiger charge is -2.21. The molecule has 0 atom stereocenters. The lowest BCUT2D eigenvalue weighted by atomic mass is 9.98. The zero-order valence-electron chi connectivity index (χ0n) is 21.4. The van der Waals surface area contributed by atoms with Crippen molar-refractivity contribution >= 4 is 29.2 Å². The van der Waals surface area contributed by atoms with E-state index in [9.17, 15) is 14.4 Å². The van der Waals surface area contributed by atoms with E-state index < -0.39 is 12.6 Å². The highest BCUT2D eigenvalue weighted by Gasteiger charge is 2.19. The van der Waals surface area contributed by atoms with Gasteiger partial charge in [-0.15, -0.1) is 0 Å². The van der Waals surface area contributed by atoms with Crippen LogP contribution in [0.3, 0.4) is 0 Å². The van der Waals surface area contributed by atoms with Gasteiger partial charge in [-0.25, -0.2) is 4.79 Å². The molecule has 4 aromatic rings. The largest absolute Gasteiger partial charge is 0.480 e. The molecule has 0 spiro atoms. The van der Waals surface area contributed by atoms with Crippen LogP contribution in [0.25, 0.3) is 11.1 Å². The van der Waals surface area contributed by atoms with Crippen LogP contribution < -0.4 is 15.0 Å². The van der Waals surface area contributed by atoms with Gasteiger partial charge in [0, 0.05) is 23.9 Å². The molecule has 0 aliphatic heterocycles. The Morgan fingerprint density at radius 1 is 0.842 bits per heavy atom. The average molecular weight is 509 g/mol. The summed E-state index contributed by atoms with van der Waals surface area (Å²) in [5.41, 5.74) is 5.74. The number of anilines is 2. The van der Waals surface area contributed by atoms with E-state index in [4.69, 9.17) is 9.84 Å². The highest BCUT2D eigenvalue weighted by atomic mass is 16.5. The van der Waals surface area contributed by atoms with Crippen LogP contribution in [0.2, 0.25) is 0 Å². The van der Waals surface area contributed by atoms with Crippen LogP contribution in [0.4, 0.5) is 11.4 Å². The summed E-state index contributed by atoms with van der Waals surface area (Å²) in [7, 11) is 1.60. The van der Waals surface area contributed by atoms with Crippen molar-refractivity contribution in [3.63, 3.8) is 0 Å². The van der Waals surface area contributed by atoms with Crippen LogP contribution >= 0.6 is 0 Å². The molecule has 0 radical (unpaired) electrons. The van der Waals surface area contributed by atoms with E-state index in [1.165, 1.54) is 4.90 Å². The number of carboxylic acid groups (broad SMARTS) is 1. The Bertz CT molecular complexity index is 1480. The maximum atomic E-state index is 13.2. The number of aryl methyl sites for hydroxylation is 2. The van der Waals surface area contributed by atoms with Crippen LogP contribution in [-0.2, 0) is 4.79 Å². The van der Waals surface area contributed by atoms with Crippen molar-refractivity contribution in [1.82, 2.24) is 0 Å². The summed E-state index contributed by atoms with van der Waals surface area (Å²) in [5, 5.41) is 11.9. The Hall–Kier alpha value is -4.91. The Morgan fingerprint density at radius 2 is 1.50 bits per heavy atom. The number of ether oxygens (including phenoxy) is 1. The van der Waals surface area contributed by atoms with Crippen molar-refractivity contribution in [3.8, 4) is 16.9 Å². The van der Waals surface area contributed by atoms with Crippen molar-refractivity contribution in [2.45, 2.75) is 13.8 Å². The number of carboxylic acids is 1. The highest BCUT2D eigenvalue weighted by molar-refractivity contribution is 6.09. The maximum absolute atomic E-state index is 13.2. The van der Waals surface area contributed by atoms with E-state index in [-0.39, 0.29) is 11.8 Å². The molecule has 4 aromatic carbocycles. The molecule has 0 saturated heterocycles. The second-order valence-electron chi connectivity index (χ2n) is 8.96. The minimum absolute atomic E-state index is 0.253. The van der Waals surface area contributed by atoms with E-state index in [1.807, 2.05) is 62.4 Å². The zero-order valence-corrected chi connectivity index (χ0v) is 21.4. The van der Waals surface area contributed by atoms with Gasteiger partial charge in [0.2, 0.25) is 0 Å². The third-order valence-corrected chi connectivity index (χ3v) is 6.06. The average Bonchev–Trinajstić information content (AvgIpc) is 2.92. The predicted molar refractivity (Wildman–Crippen MR) is 148 cm³/mol. The Balaban J connectivity index is 1.50. The van der Waals surface area contributed by atoms with Gasteiger partial charge < -0.3 is 20.1 Å². The number of hydrogen-bond donors (Lipinski definition) is 2. The monoisotopic (exact) mass is 508 g/mol. The third-order valence-electron chi connectivity index (χ3n) is 6.06. The molecule has 0 bridgehead atoms. The Morgan fingerprint density at radius 3 is 2.18 bits per heavy atom. The van der Waals surface area contributed by atoms with Crippen molar-refractivity contribution in [1.29, 1.82) is 0 Å². The first-order chi connectivity index (χ1) is 18.2. The van der Waals surface area contributed by atoms with Crippen LogP contribution in [0.5, 0.6) is 5.75 Å². The number of benzene rings is 4. The van der Waals surface area contributed by atoms with Gasteiger partial charge in [-0.3, -0.25) is 9.59 Å². The lowest BCUT2D eigenvalue weighted by Crippen LogP contribution is -2.27. The van der Waals surface area contributed by atoms with E-state index >= 15 is 0 Å². The molecule has 0 aromatic heterocycles. The fraction of sp³-hybridized carbons (Fsp3) is 0.129. The van der Waals surface area contributed by atoms with Crippen LogP contribution in [0.15, 0.2) is 91.0 Å². The number of hydrogen-bond acceptors (Lipinski definition) is 4. The fourth-order valence-electron chi connectivity index (χ4n) is 4.02. The number of rotatable bonds is 8. The number of nitrogens with one attached hydrogen (secondary N) is 1. The predicted octanol–water partition coefficient (Wildman–Crippen LogP) is 5.96. The Labute approximate surface area is 221 Å². The number of nitrogens with zero attached hydrogens (tertiary/aromatic N) is 1. The molecule has 192 valence electrons. The second kappa shape index (κ2) is 11.4. The molecule has 0 unspecified atom stereocenters. The summed E-state index contributed by atoms with van der Waals surface area (Å²) >= 11 is 0. The molecule has 0 aliphatic rings. The first-order valence-electron chi connectivity index (χ1n) is 12.0. The van der Waals surface area contributed by atoms with E-state index in [2.05, 4.69) is 5.32 Å². The lowest BCUT2D eigenvalue weighted by molar-refractivity contribution is -0.139. The number of carbonyl (C=O) groups excluding carboxylic acids is 2. The molecule has 38 heavy (non-hydrogen) atoms. The molecule has 4 rings (SSSR count). The molecular formula is C31H28N2O5. The summed E-state index contributed by atoms with van der Waals surface area (Å²) in [6, 6.07) is 27.2. The van der Waals surface area contributed by atoms with Crippen molar-refractivity contribution < 1.29 is 24.2 Å². The van der Waals surface area contributed by atoms with Crippen LogP contribution in [0.1, 0.15) is 31.8 Å². The van der Waals surface area contributed by atoms with E-state index in [1.54, 1.807) is 49.5 Å². The third kappa shape index (κ3) is 6.07. The van der Waals surface area contributed by atoms with Crippen molar-refractivity contribution in [3.05, 3.63) is 113 Å². The molecular weight excluding hydrogens is 480 g/mol. The topological polar surface area (TPSA) is 95.9 Å². The molecule has 7 nitrogen and oxygen atoms in total. The van der Waals surface area contributed by atoms with Gasteiger partial charge in [-0.05, 0) is 73.0 Å². The summed E-state index contributed by atoms with van der Waals surface area (Å²) in [6.07, 6.45) is 0. The Kier molecular flexibility index (Phi) is 7.87. The minimum Gasteiger partial charge on any atom is -0.480 e. The quantitative estimate of drug-likeness (QED) is 0.306. The van der Waals surface area contributed by atoms with Gasteiger partial charge in [0.1, 0.15) is 5.75 Å². The van der Waals surface area contributed by atoms with Crippen LogP contribution in [0, 0.1) is 13.8 Å². The smallest absolute Gasteiger partial charge is 0.341 e. The number of amides is 2. The number of aliphatic carboxylic acids is 1. The first-order valence-corrected chi connectivity index (χ1v) is 12.0. The zero-order chi connectivity index (χ0) is 27.2. The standard InChI is InChI=1S/C31H28N2O5/c1-20-8-11-22(12-9-20)25-6-4-5-7-26(25)30(36)32-24-15-13-23(14-16-24)31(37)33(3)27-17-10-21(2)18-28(27)38-19-29(34)35/h4-18H,19H2,1-3H3,(H,32,36)(H,34,35). The maximum Gasteiger partial charge on any atom is 0.341 e.